The number of hydrogen-bond acceptors (Lipinski definition) is 3. The third kappa shape index (κ3) is 4.36. The van der Waals surface area contributed by atoms with Gasteiger partial charge in [-0.25, -0.2) is 0 Å². The van der Waals surface area contributed by atoms with Gasteiger partial charge in [-0.2, -0.15) is 13.9 Å². The zero-order valence-electron chi connectivity index (χ0n) is 16.9. The molecular weight excluding hydrogens is 366 g/mol. The number of amides is 2. The van der Waals surface area contributed by atoms with E-state index >= 15 is 0 Å². The van der Waals surface area contributed by atoms with Crippen molar-refractivity contribution in [2.45, 2.75) is 89.3 Å². The van der Waals surface area contributed by atoms with E-state index in [2.05, 4.69) is 10.4 Å². The molecule has 0 aliphatic heterocycles. The maximum Gasteiger partial charge on any atom is 0.322 e. The van der Waals surface area contributed by atoms with Crippen LogP contribution in [0.4, 0.5) is 8.78 Å². The summed E-state index contributed by atoms with van der Waals surface area (Å²) in [6.07, 6.45) is 8.80. The number of carbonyl (C=O) groups excluding carboxylic acids is 2. The first kappa shape index (κ1) is 20.7. The first-order valence-electron chi connectivity index (χ1n) is 10.2. The number of nitrogens with zero attached hydrogens (tertiary/aromatic N) is 3. The number of halogens is 2. The van der Waals surface area contributed by atoms with Gasteiger partial charge >= 0.3 is 5.92 Å². The van der Waals surface area contributed by atoms with Crippen LogP contribution in [-0.4, -0.2) is 51.5 Å². The molecule has 2 amide bonds. The smallest absolute Gasteiger partial charge is 0.322 e. The summed E-state index contributed by atoms with van der Waals surface area (Å²) in [5, 5.41) is 7.49. The predicted molar refractivity (Wildman–Crippen MR) is 101 cm³/mol. The van der Waals surface area contributed by atoms with Crippen LogP contribution in [0.1, 0.15) is 80.4 Å². The number of hydrogen-bond donors (Lipinski definition) is 1. The Bertz CT molecular complexity index is 714. The van der Waals surface area contributed by atoms with E-state index in [9.17, 15) is 18.4 Å². The molecule has 1 aromatic heterocycles. The van der Waals surface area contributed by atoms with Crippen LogP contribution in [0.5, 0.6) is 0 Å². The summed E-state index contributed by atoms with van der Waals surface area (Å²) in [5.41, 5.74) is 1.50. The van der Waals surface area contributed by atoms with Gasteiger partial charge in [-0.3, -0.25) is 14.3 Å². The monoisotopic (exact) mass is 396 g/mol. The van der Waals surface area contributed by atoms with Crippen molar-refractivity contribution in [1.29, 1.82) is 0 Å². The molecule has 28 heavy (non-hydrogen) atoms. The lowest BCUT2D eigenvalue weighted by atomic mass is 9.90. The fourth-order valence-electron chi connectivity index (χ4n) is 4.51. The molecule has 1 heterocycles. The predicted octanol–water partition coefficient (Wildman–Crippen LogP) is 3.46. The van der Waals surface area contributed by atoms with Crippen molar-refractivity contribution in [2.24, 2.45) is 0 Å². The second-order valence-corrected chi connectivity index (χ2v) is 8.31. The van der Waals surface area contributed by atoms with Crippen LogP contribution in [0.25, 0.3) is 0 Å². The van der Waals surface area contributed by atoms with Crippen LogP contribution >= 0.6 is 0 Å². The Kier molecular flexibility index (Phi) is 6.05. The van der Waals surface area contributed by atoms with Crippen molar-refractivity contribution in [1.82, 2.24) is 20.0 Å². The van der Waals surface area contributed by atoms with Gasteiger partial charge in [0.05, 0.1) is 17.8 Å². The van der Waals surface area contributed by atoms with Gasteiger partial charge in [0.1, 0.15) is 0 Å². The fourth-order valence-corrected chi connectivity index (χ4v) is 4.51. The molecule has 0 bridgehead atoms. The van der Waals surface area contributed by atoms with Crippen LogP contribution in [-0.2, 0) is 4.79 Å². The van der Waals surface area contributed by atoms with Crippen LogP contribution < -0.4 is 5.32 Å². The normalized spacial score (nSPS) is 23.6. The third-order valence-electron chi connectivity index (χ3n) is 6.24. The molecular formula is C20H30F2N4O2. The summed E-state index contributed by atoms with van der Waals surface area (Å²) in [7, 11) is 1.43. The lowest BCUT2D eigenvalue weighted by Gasteiger charge is -2.35. The summed E-state index contributed by atoms with van der Waals surface area (Å²) in [6, 6.07) is 0.170. The number of alkyl halides is 2. The average Bonchev–Trinajstić information content (AvgIpc) is 3.29. The minimum Gasteiger partial charge on any atom is -0.349 e. The summed E-state index contributed by atoms with van der Waals surface area (Å²) in [4.78, 5) is 25.6. The van der Waals surface area contributed by atoms with E-state index in [1.807, 2.05) is 11.6 Å². The molecule has 6 nitrogen and oxygen atoms in total. The highest BCUT2D eigenvalue weighted by Crippen LogP contribution is 2.31. The first-order valence-corrected chi connectivity index (χ1v) is 10.2. The van der Waals surface area contributed by atoms with Crippen molar-refractivity contribution in [3.05, 3.63) is 17.5 Å². The Labute approximate surface area is 164 Å². The van der Waals surface area contributed by atoms with Crippen LogP contribution in [0.15, 0.2) is 6.20 Å². The Morgan fingerprint density at radius 1 is 1.18 bits per heavy atom. The summed E-state index contributed by atoms with van der Waals surface area (Å²) in [6.45, 7) is 2.56. The van der Waals surface area contributed by atoms with Crippen molar-refractivity contribution in [3.63, 3.8) is 0 Å². The highest BCUT2D eigenvalue weighted by atomic mass is 19.3. The van der Waals surface area contributed by atoms with Gasteiger partial charge in [-0.05, 0) is 45.4 Å². The van der Waals surface area contributed by atoms with Gasteiger partial charge in [0.25, 0.3) is 11.8 Å². The molecule has 0 atom stereocenters. The van der Waals surface area contributed by atoms with Gasteiger partial charge in [0.15, 0.2) is 0 Å². The van der Waals surface area contributed by atoms with Crippen molar-refractivity contribution in [3.8, 4) is 0 Å². The van der Waals surface area contributed by atoms with Crippen LogP contribution in [0.2, 0.25) is 0 Å². The minimum absolute atomic E-state index is 0.0105. The second kappa shape index (κ2) is 8.17. The number of rotatable bonds is 5. The van der Waals surface area contributed by atoms with Gasteiger partial charge in [-0.15, -0.1) is 0 Å². The molecule has 0 saturated heterocycles. The van der Waals surface area contributed by atoms with Crippen molar-refractivity contribution >= 4 is 11.8 Å². The Balaban J connectivity index is 1.54. The van der Waals surface area contributed by atoms with Crippen molar-refractivity contribution < 1.29 is 18.4 Å². The molecule has 0 spiro atoms. The molecule has 3 rings (SSSR count). The van der Waals surface area contributed by atoms with Crippen molar-refractivity contribution in [2.75, 3.05) is 7.05 Å². The maximum atomic E-state index is 13.3. The van der Waals surface area contributed by atoms with E-state index < -0.39 is 11.8 Å². The van der Waals surface area contributed by atoms with E-state index in [1.165, 1.54) is 19.9 Å². The van der Waals surface area contributed by atoms with Gasteiger partial charge < -0.3 is 10.2 Å². The summed E-state index contributed by atoms with van der Waals surface area (Å²) < 4.78 is 28.5. The van der Waals surface area contributed by atoms with Gasteiger partial charge in [0.2, 0.25) is 0 Å². The highest BCUT2D eigenvalue weighted by Gasteiger charge is 2.38. The number of carbonyl (C=O) groups is 2. The van der Waals surface area contributed by atoms with E-state index in [0.717, 1.165) is 23.4 Å². The third-order valence-corrected chi connectivity index (χ3v) is 6.24. The Morgan fingerprint density at radius 2 is 1.79 bits per heavy atom. The SMILES string of the molecule is Cc1c(C(=O)NC2CCC(N(C)C(=O)C(C)(F)F)CC2)cnn1C1CCCC1. The quantitative estimate of drug-likeness (QED) is 0.829. The van der Waals surface area contributed by atoms with E-state index in [1.54, 1.807) is 6.20 Å². The minimum atomic E-state index is -3.35. The molecule has 0 aromatic carbocycles. The number of nitrogens with one attached hydrogen (secondary N) is 1. The zero-order chi connectivity index (χ0) is 20.5. The average molecular weight is 396 g/mol. The number of aromatic nitrogens is 2. The zero-order valence-corrected chi connectivity index (χ0v) is 16.9. The highest BCUT2D eigenvalue weighted by molar-refractivity contribution is 5.95. The van der Waals surface area contributed by atoms with E-state index in [4.69, 9.17) is 0 Å². The largest absolute Gasteiger partial charge is 0.349 e. The topological polar surface area (TPSA) is 67.2 Å². The molecule has 156 valence electrons. The summed E-state index contributed by atoms with van der Waals surface area (Å²) >= 11 is 0. The molecule has 2 fully saturated rings. The molecule has 2 saturated carbocycles. The standard InChI is InChI=1S/C20H30F2N4O2/c1-13-17(12-23-26(13)16-6-4-5-7-16)18(27)24-14-8-10-15(11-9-14)25(3)19(28)20(2,21)22/h12,14-16H,4-11H2,1-3H3,(H,24,27). The van der Waals surface area contributed by atoms with E-state index in [0.29, 0.717) is 44.2 Å². The molecule has 2 aliphatic carbocycles. The molecule has 0 radical (unpaired) electrons. The Hall–Kier alpha value is -1.99. The fraction of sp³-hybridized carbons (Fsp3) is 0.750. The first-order chi connectivity index (χ1) is 13.2. The Morgan fingerprint density at radius 3 is 2.36 bits per heavy atom. The van der Waals surface area contributed by atoms with Crippen LogP contribution in [0, 0.1) is 6.92 Å². The summed E-state index contributed by atoms with van der Waals surface area (Å²) in [5.74, 6) is -4.62. The van der Waals surface area contributed by atoms with E-state index in [-0.39, 0.29) is 18.0 Å². The lowest BCUT2D eigenvalue weighted by molar-refractivity contribution is -0.156. The molecule has 1 N–H and O–H groups in total. The van der Waals surface area contributed by atoms with Crippen LogP contribution in [0.3, 0.4) is 0 Å². The molecule has 2 aliphatic rings. The second-order valence-electron chi connectivity index (χ2n) is 8.31. The van der Waals surface area contributed by atoms with Gasteiger partial charge in [0, 0.05) is 31.7 Å². The molecule has 1 aromatic rings. The molecule has 0 unspecified atom stereocenters. The molecule has 8 heteroatoms. The maximum absolute atomic E-state index is 13.3. The lowest BCUT2D eigenvalue weighted by Crippen LogP contribution is -2.48. The van der Waals surface area contributed by atoms with Gasteiger partial charge in [-0.1, -0.05) is 12.8 Å².